The number of fused-ring (bicyclic) bond motifs is 1. The molecule has 0 saturated carbocycles. The quantitative estimate of drug-likeness (QED) is 0.599. The summed E-state index contributed by atoms with van der Waals surface area (Å²) in [6.45, 7) is 6.58. The molecule has 3 amide bonds. The molecule has 9 nitrogen and oxygen atoms in total. The summed E-state index contributed by atoms with van der Waals surface area (Å²) >= 11 is 0. The van der Waals surface area contributed by atoms with Gasteiger partial charge in [-0.2, -0.15) is 0 Å². The van der Waals surface area contributed by atoms with Gasteiger partial charge in [-0.3, -0.25) is 19.3 Å². The van der Waals surface area contributed by atoms with Gasteiger partial charge in [0.1, 0.15) is 0 Å². The first-order valence-electron chi connectivity index (χ1n) is 11.9. The summed E-state index contributed by atoms with van der Waals surface area (Å²) < 4.78 is 25.7. The lowest BCUT2D eigenvalue weighted by molar-refractivity contribution is -0.129. The van der Waals surface area contributed by atoms with E-state index < -0.39 is 33.9 Å². The van der Waals surface area contributed by atoms with Crippen LogP contribution >= 0.6 is 12.4 Å². The van der Waals surface area contributed by atoms with Gasteiger partial charge in [-0.15, -0.1) is 12.4 Å². The van der Waals surface area contributed by atoms with Crippen LogP contribution in [-0.2, 0) is 26.2 Å². The lowest BCUT2D eigenvalue weighted by Gasteiger charge is -2.30. The zero-order valence-corrected chi connectivity index (χ0v) is 22.1. The molecule has 3 fully saturated rings. The number of likely N-dealkylation sites (tertiary alicyclic amines) is 2. The predicted molar refractivity (Wildman–Crippen MR) is 134 cm³/mol. The fraction of sp³-hybridized carbons (Fsp3) is 0.625. The minimum Gasteiger partial charge on any atom is -0.369 e. The lowest BCUT2D eigenvalue weighted by Crippen LogP contribution is -2.44. The Balaban J connectivity index is 0.00000342. The van der Waals surface area contributed by atoms with Crippen molar-refractivity contribution in [2.24, 2.45) is 23.5 Å². The average molecular weight is 527 g/mol. The highest BCUT2D eigenvalue weighted by Gasteiger charge is 2.58. The van der Waals surface area contributed by atoms with E-state index in [0.29, 0.717) is 18.5 Å². The Labute approximate surface area is 213 Å². The number of hydrogen-bond donors (Lipinski definition) is 1. The van der Waals surface area contributed by atoms with Crippen molar-refractivity contribution < 1.29 is 22.8 Å². The zero-order valence-electron chi connectivity index (χ0n) is 20.4. The molecule has 0 unspecified atom stereocenters. The summed E-state index contributed by atoms with van der Waals surface area (Å²) in [6.07, 6.45) is 3.05. The minimum atomic E-state index is -3.70. The van der Waals surface area contributed by atoms with Crippen molar-refractivity contribution in [1.29, 1.82) is 0 Å². The monoisotopic (exact) mass is 526 g/mol. The topological polar surface area (TPSA) is 121 Å². The average Bonchev–Trinajstić information content (AvgIpc) is 3.30. The second-order valence-electron chi connectivity index (χ2n) is 10.2. The predicted octanol–water partition coefficient (Wildman–Crippen LogP) is 1.46. The maximum atomic E-state index is 13.4. The third-order valence-corrected chi connectivity index (χ3v) is 8.69. The van der Waals surface area contributed by atoms with Gasteiger partial charge < -0.3 is 10.6 Å². The number of nitrogens with zero attached hydrogens (tertiary/aromatic N) is 3. The number of nitrogens with two attached hydrogens (primary N) is 1. The van der Waals surface area contributed by atoms with Crippen molar-refractivity contribution in [3.63, 3.8) is 0 Å². The largest absolute Gasteiger partial charge is 0.369 e. The molecule has 4 rings (SSSR count). The zero-order chi connectivity index (χ0) is 24.8. The van der Waals surface area contributed by atoms with Crippen LogP contribution in [0.1, 0.15) is 49.0 Å². The van der Waals surface area contributed by atoms with Crippen LogP contribution in [0.25, 0.3) is 0 Å². The molecule has 35 heavy (non-hydrogen) atoms. The molecule has 3 aliphatic heterocycles. The summed E-state index contributed by atoms with van der Waals surface area (Å²) in [5.74, 6) is -1.46. The van der Waals surface area contributed by atoms with Crippen LogP contribution in [0.3, 0.4) is 0 Å². The third-order valence-electron chi connectivity index (χ3n) is 7.52. The standard InChI is InChI=1S/C24H34N4O5S.ClH/c1-15(2)20-21-19(28(24(20)31)34(3,32)33)10-13-27(21)23(30)18-6-4-16(5-7-18)14-26-11-8-17(9-12-26)22(25)29;/h4-7,15,17,19-21H,8-14H2,1-3H3,(H2,25,29);1H/t19-,20+,21-;/m0./s1. The van der Waals surface area contributed by atoms with Crippen molar-refractivity contribution in [3.05, 3.63) is 35.4 Å². The van der Waals surface area contributed by atoms with Gasteiger partial charge in [0.05, 0.1) is 24.3 Å². The van der Waals surface area contributed by atoms with Crippen LogP contribution in [0.5, 0.6) is 0 Å². The maximum absolute atomic E-state index is 13.4. The summed E-state index contributed by atoms with van der Waals surface area (Å²) in [7, 11) is -3.70. The van der Waals surface area contributed by atoms with E-state index in [1.165, 1.54) is 0 Å². The number of carbonyl (C=O) groups excluding carboxylic acids is 3. The summed E-state index contributed by atoms with van der Waals surface area (Å²) in [6, 6.07) is 6.53. The van der Waals surface area contributed by atoms with E-state index >= 15 is 0 Å². The Morgan fingerprint density at radius 2 is 1.66 bits per heavy atom. The Bertz CT molecular complexity index is 1070. The number of sulfonamides is 1. The third kappa shape index (κ3) is 5.34. The van der Waals surface area contributed by atoms with Crippen molar-refractivity contribution in [2.75, 3.05) is 25.9 Å². The fourth-order valence-electron chi connectivity index (χ4n) is 5.82. The Morgan fingerprint density at radius 1 is 1.06 bits per heavy atom. The van der Waals surface area contributed by atoms with E-state index in [0.717, 1.165) is 48.6 Å². The molecule has 0 bridgehead atoms. The molecule has 0 aromatic heterocycles. The number of piperidine rings is 1. The number of carbonyl (C=O) groups is 3. The van der Waals surface area contributed by atoms with Crippen LogP contribution in [-0.4, -0.2) is 78.2 Å². The molecule has 2 N–H and O–H groups in total. The minimum absolute atomic E-state index is 0. The van der Waals surface area contributed by atoms with Gasteiger partial charge >= 0.3 is 0 Å². The molecule has 3 aliphatic rings. The maximum Gasteiger partial charge on any atom is 0.254 e. The summed E-state index contributed by atoms with van der Waals surface area (Å²) in [5.41, 5.74) is 7.02. The molecule has 3 atom stereocenters. The van der Waals surface area contributed by atoms with E-state index in [-0.39, 0.29) is 36.1 Å². The number of primary amides is 1. The number of rotatable bonds is 6. The van der Waals surface area contributed by atoms with Gasteiger partial charge in [-0.25, -0.2) is 12.7 Å². The van der Waals surface area contributed by atoms with Gasteiger partial charge in [0.2, 0.25) is 21.8 Å². The van der Waals surface area contributed by atoms with Crippen LogP contribution in [0.4, 0.5) is 0 Å². The Hall–Kier alpha value is -2.17. The van der Waals surface area contributed by atoms with Crippen LogP contribution < -0.4 is 5.73 Å². The van der Waals surface area contributed by atoms with Crippen molar-refractivity contribution in [3.8, 4) is 0 Å². The van der Waals surface area contributed by atoms with Crippen LogP contribution in [0, 0.1) is 17.8 Å². The molecule has 11 heteroatoms. The Kier molecular flexibility index (Phi) is 8.18. The SMILES string of the molecule is CC(C)[C@H]1C(=O)N(S(C)(=O)=O)[C@H]2CCN(C(=O)c3ccc(CN4CCC(C(N)=O)CC4)cc3)[C@H]12.Cl. The molecule has 0 radical (unpaired) electrons. The lowest BCUT2D eigenvalue weighted by atomic mass is 9.88. The molecular formula is C24H35ClN4O5S. The van der Waals surface area contributed by atoms with Crippen molar-refractivity contribution in [2.45, 2.75) is 51.7 Å². The molecule has 1 aromatic rings. The van der Waals surface area contributed by atoms with Crippen LogP contribution in [0.15, 0.2) is 24.3 Å². The van der Waals surface area contributed by atoms with E-state index in [4.69, 9.17) is 5.73 Å². The molecule has 194 valence electrons. The van der Waals surface area contributed by atoms with Crippen molar-refractivity contribution in [1.82, 2.24) is 14.1 Å². The van der Waals surface area contributed by atoms with Gasteiger partial charge in [0.25, 0.3) is 5.91 Å². The highest BCUT2D eigenvalue weighted by molar-refractivity contribution is 7.88. The number of hydrogen-bond acceptors (Lipinski definition) is 6. The van der Waals surface area contributed by atoms with Crippen LogP contribution in [0.2, 0.25) is 0 Å². The van der Waals surface area contributed by atoms with E-state index in [1.54, 1.807) is 17.0 Å². The first-order valence-corrected chi connectivity index (χ1v) is 13.8. The highest BCUT2D eigenvalue weighted by Crippen LogP contribution is 2.41. The molecule has 0 spiro atoms. The van der Waals surface area contributed by atoms with Crippen molar-refractivity contribution >= 4 is 40.2 Å². The second-order valence-corrected chi connectivity index (χ2v) is 12.0. The first kappa shape index (κ1) is 27.4. The van der Waals surface area contributed by atoms with E-state index in [2.05, 4.69) is 4.90 Å². The second kappa shape index (κ2) is 10.4. The summed E-state index contributed by atoms with van der Waals surface area (Å²) in [5, 5.41) is 0. The highest BCUT2D eigenvalue weighted by atomic mass is 35.5. The normalized spacial score (nSPS) is 25.6. The molecule has 0 aliphatic carbocycles. The van der Waals surface area contributed by atoms with E-state index in [9.17, 15) is 22.8 Å². The number of halogens is 1. The first-order chi connectivity index (χ1) is 16.0. The smallest absolute Gasteiger partial charge is 0.254 e. The Morgan fingerprint density at radius 3 is 2.17 bits per heavy atom. The summed E-state index contributed by atoms with van der Waals surface area (Å²) in [4.78, 5) is 41.7. The number of amides is 3. The fourth-order valence-corrected chi connectivity index (χ4v) is 6.99. The van der Waals surface area contributed by atoms with Gasteiger partial charge in [0, 0.05) is 24.6 Å². The van der Waals surface area contributed by atoms with Gasteiger partial charge in [-0.1, -0.05) is 26.0 Å². The van der Waals surface area contributed by atoms with Gasteiger partial charge in [-0.05, 0) is 56.0 Å². The molecular weight excluding hydrogens is 492 g/mol. The van der Waals surface area contributed by atoms with Gasteiger partial charge in [0.15, 0.2) is 0 Å². The molecule has 1 aromatic carbocycles. The number of benzene rings is 1. The molecule has 3 heterocycles. The van der Waals surface area contributed by atoms with E-state index in [1.807, 2.05) is 26.0 Å². The molecule has 3 saturated heterocycles.